The summed E-state index contributed by atoms with van der Waals surface area (Å²) in [5, 5.41) is 40.0. The topological polar surface area (TPSA) is 305 Å². The molecule has 3 aromatic rings. The summed E-state index contributed by atoms with van der Waals surface area (Å²) in [6.45, 7) is 2.41. The molecule has 59 heavy (non-hydrogen) atoms. The number of nitrogens with one attached hydrogen (secondary N) is 2. The summed E-state index contributed by atoms with van der Waals surface area (Å²) in [6, 6.07) is 20.2. The van der Waals surface area contributed by atoms with E-state index >= 15 is 0 Å². The number of nitrogens with two attached hydrogens (primary N) is 2. The Kier molecular flexibility index (Phi) is 18.5. The summed E-state index contributed by atoms with van der Waals surface area (Å²) in [4.78, 5) is 12.2. The van der Waals surface area contributed by atoms with Crippen LogP contribution in [0.3, 0.4) is 0 Å². The highest BCUT2D eigenvalue weighted by molar-refractivity contribution is 7.86. The average molecular weight is 861 g/mol. The number of Topliss-reactive ketones (excluding diaryl/α,β-unsaturated/α-hetero) is 1. The molecule has 6 rings (SSSR count). The van der Waals surface area contributed by atoms with Gasteiger partial charge in [-0.2, -0.15) is 16.8 Å². The Morgan fingerprint density at radius 3 is 1.69 bits per heavy atom. The largest absolute Gasteiger partial charge is 0.508 e. The first-order valence-corrected chi connectivity index (χ1v) is 22.3. The molecule has 0 spiro atoms. The predicted octanol–water partition coefficient (Wildman–Crippen LogP) is 4.35. The lowest BCUT2D eigenvalue weighted by Gasteiger charge is -2.43. The third-order valence-corrected chi connectivity index (χ3v) is 11.6. The van der Waals surface area contributed by atoms with Gasteiger partial charge in [0.2, 0.25) is 0 Å². The summed E-state index contributed by atoms with van der Waals surface area (Å²) in [7, 11) is -7.85. The number of carbonyl (C=O) groups is 1. The van der Waals surface area contributed by atoms with Crippen molar-refractivity contribution in [3.8, 4) is 17.2 Å². The maximum absolute atomic E-state index is 12.2. The van der Waals surface area contributed by atoms with E-state index in [1.807, 2.05) is 30.3 Å². The lowest BCUT2D eigenvalue weighted by molar-refractivity contribution is -0.126. The standard InChI is InChI=1S/C19H24N4O2.C18H20O2.2C2H6O4S/c20-18(21)14-4-8-16(9-5-14)24-12-2-1-3-13-25-17-10-6-15(7-11-17)19(22)23;1-18-9-8-14-13-5-3-12(19)10-11(13)2-4-15(14)16(18)6-7-17(18)20;2*3-1-2-7(4,5)6/h4-11H,1-3,12-13H2,(H3,20,21)(H3,22,23);3-5,10,14,16,19H,2,6-9H2,1H3;2*3H,1-2H2,(H,4,5,6). The summed E-state index contributed by atoms with van der Waals surface area (Å²) in [5.74, 6) is 2.29. The van der Waals surface area contributed by atoms with Crippen molar-refractivity contribution < 1.29 is 55.5 Å². The SMILES string of the molecule is CC12CCC3C(=CCc4cc(O)ccc43)C1CCC2=O.N=C(N)c1ccc(OCCCCCOc2ccc(C(=N)N)cc2)cc1.O=S(=O)(O)CCO.O=S(=O)(O)CCO. The van der Waals surface area contributed by atoms with Gasteiger partial charge < -0.3 is 36.3 Å². The van der Waals surface area contributed by atoms with Crippen molar-refractivity contribution in [2.75, 3.05) is 37.9 Å². The number of benzene rings is 3. The number of phenolic OH excluding ortho intramolecular Hbond substituents is 1. The van der Waals surface area contributed by atoms with Crippen LogP contribution in [-0.2, 0) is 31.5 Å². The number of hydrogen-bond acceptors (Lipinski definition) is 12. The number of amidine groups is 2. The number of carbonyl (C=O) groups excluding carboxylic acids is 1. The molecule has 0 amide bonds. The Labute approximate surface area is 345 Å². The van der Waals surface area contributed by atoms with Crippen LogP contribution in [0.5, 0.6) is 17.2 Å². The Hall–Kier alpha value is -4.85. The molecule has 2 saturated carbocycles. The number of fused-ring (bicyclic) bond motifs is 5. The third-order valence-electron chi connectivity index (χ3n) is 10.2. The van der Waals surface area contributed by atoms with Gasteiger partial charge >= 0.3 is 0 Å². The van der Waals surface area contributed by atoms with Gasteiger partial charge in [-0.05, 0) is 123 Å². The van der Waals surface area contributed by atoms with E-state index in [0.717, 1.165) is 62.9 Å². The number of ketones is 1. The molecular formula is C41H56N4O12S2. The normalized spacial score (nSPS) is 19.0. The highest BCUT2D eigenvalue weighted by atomic mass is 32.2. The molecule has 3 atom stereocenters. The zero-order valence-electron chi connectivity index (χ0n) is 33.0. The van der Waals surface area contributed by atoms with Crippen LogP contribution in [0.2, 0.25) is 0 Å². The van der Waals surface area contributed by atoms with E-state index in [0.29, 0.717) is 47.7 Å². The maximum Gasteiger partial charge on any atom is 0.267 e. The molecule has 0 saturated heterocycles. The Balaban J connectivity index is 0.000000242. The van der Waals surface area contributed by atoms with Gasteiger partial charge in [-0.25, -0.2) is 0 Å². The first-order chi connectivity index (χ1) is 27.8. The number of nitrogen functional groups attached to an aromatic ring is 2. The van der Waals surface area contributed by atoms with Crippen LogP contribution in [-0.4, -0.2) is 96.6 Å². The van der Waals surface area contributed by atoms with E-state index in [1.165, 1.54) is 16.7 Å². The number of phenols is 1. The molecule has 2 fully saturated rings. The van der Waals surface area contributed by atoms with E-state index < -0.39 is 45.0 Å². The minimum Gasteiger partial charge on any atom is -0.508 e. The Morgan fingerprint density at radius 2 is 1.27 bits per heavy atom. The van der Waals surface area contributed by atoms with E-state index in [-0.39, 0.29) is 17.1 Å². The number of aliphatic hydroxyl groups is 2. The molecule has 18 heteroatoms. The van der Waals surface area contributed by atoms with Crippen molar-refractivity contribution in [3.63, 3.8) is 0 Å². The fourth-order valence-corrected chi connectivity index (χ4v) is 7.65. The van der Waals surface area contributed by atoms with Crippen LogP contribution in [0.15, 0.2) is 78.4 Å². The monoisotopic (exact) mass is 860 g/mol. The van der Waals surface area contributed by atoms with Crippen molar-refractivity contribution in [2.45, 2.75) is 64.2 Å². The van der Waals surface area contributed by atoms with Gasteiger partial charge in [0, 0.05) is 28.9 Å². The second-order valence-electron chi connectivity index (χ2n) is 14.5. The quantitative estimate of drug-likeness (QED) is 0.0358. The summed E-state index contributed by atoms with van der Waals surface area (Å²) in [5.41, 5.74) is 16.2. The molecule has 3 aromatic carbocycles. The molecule has 0 radical (unpaired) electrons. The molecule has 0 heterocycles. The number of ether oxygens (including phenoxy) is 2. The third kappa shape index (κ3) is 15.7. The molecule has 16 nitrogen and oxygen atoms in total. The molecule has 3 aliphatic carbocycles. The summed E-state index contributed by atoms with van der Waals surface area (Å²) < 4.78 is 65.5. The maximum atomic E-state index is 12.2. The van der Waals surface area contributed by atoms with E-state index in [2.05, 4.69) is 19.1 Å². The Bertz CT molecular complexity index is 2030. The van der Waals surface area contributed by atoms with E-state index in [4.69, 9.17) is 51.1 Å². The number of aromatic hydroxyl groups is 1. The molecule has 3 aliphatic rings. The van der Waals surface area contributed by atoms with Crippen LogP contribution in [0.1, 0.15) is 80.0 Å². The smallest absolute Gasteiger partial charge is 0.267 e. The van der Waals surface area contributed by atoms with Crippen molar-refractivity contribution in [2.24, 2.45) is 22.8 Å². The number of aliphatic hydroxyl groups excluding tert-OH is 2. The highest BCUT2D eigenvalue weighted by Gasteiger charge is 2.52. The van der Waals surface area contributed by atoms with Crippen LogP contribution in [0.4, 0.5) is 0 Å². The zero-order chi connectivity index (χ0) is 43.8. The van der Waals surface area contributed by atoms with Gasteiger partial charge in [-0.3, -0.25) is 24.7 Å². The number of hydrogen-bond donors (Lipinski definition) is 9. The summed E-state index contributed by atoms with van der Waals surface area (Å²) >= 11 is 0. The van der Waals surface area contributed by atoms with Crippen molar-refractivity contribution >= 4 is 37.7 Å². The molecule has 324 valence electrons. The molecule has 11 N–H and O–H groups in total. The molecule has 0 bridgehead atoms. The van der Waals surface area contributed by atoms with Crippen LogP contribution in [0.25, 0.3) is 0 Å². The second kappa shape index (κ2) is 22.5. The number of allylic oxidation sites excluding steroid dienone is 2. The predicted molar refractivity (Wildman–Crippen MR) is 224 cm³/mol. The number of rotatable bonds is 14. The van der Waals surface area contributed by atoms with Gasteiger partial charge in [0.05, 0.1) is 37.9 Å². The van der Waals surface area contributed by atoms with Crippen LogP contribution in [0, 0.1) is 22.2 Å². The van der Waals surface area contributed by atoms with Crippen molar-refractivity contribution in [3.05, 3.63) is 101 Å². The molecular weight excluding hydrogens is 805 g/mol. The lowest BCUT2D eigenvalue weighted by atomic mass is 9.60. The van der Waals surface area contributed by atoms with E-state index in [1.54, 1.807) is 30.3 Å². The highest BCUT2D eigenvalue weighted by Crippen LogP contribution is 2.57. The van der Waals surface area contributed by atoms with Crippen molar-refractivity contribution in [1.82, 2.24) is 0 Å². The molecule has 3 unspecified atom stereocenters. The molecule has 0 aromatic heterocycles. The van der Waals surface area contributed by atoms with E-state index in [9.17, 15) is 26.7 Å². The van der Waals surface area contributed by atoms with Gasteiger partial charge in [-0.1, -0.05) is 24.6 Å². The first kappa shape index (κ1) is 48.5. The van der Waals surface area contributed by atoms with Crippen LogP contribution >= 0.6 is 0 Å². The van der Waals surface area contributed by atoms with Gasteiger partial charge in [-0.15, -0.1) is 0 Å². The zero-order valence-corrected chi connectivity index (χ0v) is 34.7. The Morgan fingerprint density at radius 1 is 0.780 bits per heavy atom. The van der Waals surface area contributed by atoms with Gasteiger partial charge in [0.1, 0.15) is 34.7 Å². The van der Waals surface area contributed by atoms with Gasteiger partial charge in [0.25, 0.3) is 20.2 Å². The van der Waals surface area contributed by atoms with Gasteiger partial charge in [0.15, 0.2) is 0 Å². The second-order valence-corrected chi connectivity index (χ2v) is 17.6. The lowest BCUT2D eigenvalue weighted by Crippen LogP contribution is -2.37. The number of unbranched alkanes of at least 4 members (excludes halogenated alkanes) is 2. The minimum atomic E-state index is -3.92. The first-order valence-electron chi connectivity index (χ1n) is 19.1. The summed E-state index contributed by atoms with van der Waals surface area (Å²) in [6.07, 6.45) is 10.0. The average Bonchev–Trinajstić information content (AvgIpc) is 3.48. The van der Waals surface area contributed by atoms with Crippen molar-refractivity contribution in [1.29, 1.82) is 10.8 Å². The fourth-order valence-electron chi connectivity index (χ4n) is 7.19. The molecule has 0 aliphatic heterocycles. The minimum absolute atomic E-state index is 0.0579. The fraction of sp³-hybridized carbons (Fsp3) is 0.439. The van der Waals surface area contributed by atoms with Crippen LogP contribution < -0.4 is 20.9 Å².